The maximum absolute atomic E-state index is 13.4. The van der Waals surface area contributed by atoms with Gasteiger partial charge in [0, 0.05) is 12.8 Å². The number of ether oxygens (including phenoxy) is 1. The molecular weight excluding hydrogens is 820 g/mol. The van der Waals surface area contributed by atoms with Crippen LogP contribution in [-0.4, -0.2) is 74.3 Å². The van der Waals surface area contributed by atoms with Gasteiger partial charge in [-0.3, -0.25) is 18.6 Å². The summed E-state index contributed by atoms with van der Waals surface area (Å²) in [6, 6.07) is -0.856. The third-order valence-corrected chi connectivity index (χ3v) is 12.2. The molecule has 0 saturated carbocycles. The summed E-state index contributed by atoms with van der Waals surface area (Å²) in [7, 11) is 1.48. The van der Waals surface area contributed by atoms with Crippen molar-refractivity contribution < 1.29 is 37.3 Å². The van der Waals surface area contributed by atoms with Crippen LogP contribution < -0.4 is 5.32 Å². The number of phosphoric acid groups is 1. The van der Waals surface area contributed by atoms with Crippen molar-refractivity contribution >= 4 is 19.7 Å². The van der Waals surface area contributed by atoms with E-state index in [0.717, 1.165) is 103 Å². The molecule has 1 amide bonds. The Morgan fingerprint density at radius 1 is 0.562 bits per heavy atom. The number of hydrogen-bond donors (Lipinski definition) is 2. The Kier molecular flexibility index (Phi) is 42.9. The molecular formula is C54H100N2O7P+. The van der Waals surface area contributed by atoms with Gasteiger partial charge in [-0.25, -0.2) is 4.57 Å². The molecule has 0 radical (unpaired) electrons. The van der Waals surface area contributed by atoms with E-state index in [1.54, 1.807) is 0 Å². The van der Waals surface area contributed by atoms with E-state index < -0.39 is 20.0 Å². The van der Waals surface area contributed by atoms with Crippen molar-refractivity contribution in [2.24, 2.45) is 0 Å². The topological polar surface area (TPSA) is 111 Å². The average molecular weight is 920 g/mol. The monoisotopic (exact) mass is 920 g/mol. The summed E-state index contributed by atoms with van der Waals surface area (Å²) in [5.41, 5.74) is 0. The quantitative estimate of drug-likeness (QED) is 0.0156. The highest BCUT2D eigenvalue weighted by molar-refractivity contribution is 7.47. The number of nitrogens with zero attached hydrogens (tertiary/aromatic N) is 1. The lowest BCUT2D eigenvalue weighted by molar-refractivity contribution is -0.870. The number of hydrogen-bond acceptors (Lipinski definition) is 6. The Morgan fingerprint density at radius 2 is 1.03 bits per heavy atom. The number of unbranched alkanes of at least 4 members (excludes halogenated alkanes) is 24. The molecule has 2 N–H and O–H groups in total. The van der Waals surface area contributed by atoms with Crippen LogP contribution in [0.4, 0.5) is 0 Å². The minimum absolute atomic E-state index is 0.0347. The molecule has 0 aromatic carbocycles. The van der Waals surface area contributed by atoms with E-state index >= 15 is 0 Å². The second kappa shape index (κ2) is 44.5. The van der Waals surface area contributed by atoms with E-state index in [1.165, 1.54) is 83.5 Å². The van der Waals surface area contributed by atoms with Crippen molar-refractivity contribution in [3.63, 3.8) is 0 Å². The lowest BCUT2D eigenvalue weighted by atomic mass is 10.0. The molecule has 3 unspecified atom stereocenters. The van der Waals surface area contributed by atoms with E-state index in [9.17, 15) is 19.0 Å². The Labute approximate surface area is 394 Å². The lowest BCUT2D eigenvalue weighted by Crippen LogP contribution is -2.47. The molecule has 0 aliphatic carbocycles. The van der Waals surface area contributed by atoms with E-state index in [0.29, 0.717) is 17.4 Å². The Balaban J connectivity index is 5.44. The first-order chi connectivity index (χ1) is 30.9. The third-order valence-electron chi connectivity index (χ3n) is 11.3. The van der Waals surface area contributed by atoms with Gasteiger partial charge in [-0.1, -0.05) is 197 Å². The van der Waals surface area contributed by atoms with Crippen molar-refractivity contribution in [1.82, 2.24) is 5.32 Å². The molecule has 0 aliphatic rings. The minimum atomic E-state index is -4.44. The summed E-state index contributed by atoms with van der Waals surface area (Å²) >= 11 is 0. The average Bonchev–Trinajstić information content (AvgIpc) is 3.25. The molecule has 0 saturated heterocycles. The van der Waals surface area contributed by atoms with Crippen LogP contribution in [0.5, 0.6) is 0 Å². The molecule has 9 nitrogen and oxygen atoms in total. The maximum atomic E-state index is 13.4. The van der Waals surface area contributed by atoms with E-state index in [4.69, 9.17) is 13.8 Å². The van der Waals surface area contributed by atoms with Crippen molar-refractivity contribution in [3.05, 3.63) is 60.8 Å². The summed E-state index contributed by atoms with van der Waals surface area (Å²) < 4.78 is 30.5. The Morgan fingerprint density at radius 3 is 1.58 bits per heavy atom. The summed E-state index contributed by atoms with van der Waals surface area (Å²) in [6.45, 7) is 6.81. The molecule has 372 valence electrons. The van der Waals surface area contributed by atoms with Gasteiger partial charge in [0.2, 0.25) is 5.91 Å². The van der Waals surface area contributed by atoms with Crippen LogP contribution in [0.1, 0.15) is 220 Å². The van der Waals surface area contributed by atoms with Gasteiger partial charge in [-0.05, 0) is 70.3 Å². The standard InChI is InChI=1S/C54H99N2O7P/c1-7-10-13-16-19-22-25-27-28-29-32-34-37-40-43-46-53(57)55-51(50-62-64(59,60)61-49-48-56(4,5)6)52(45-42-39-36-33-31-26-23-20-17-14-11-8-2)63-54(58)47-44-41-38-35-30-24-21-18-15-12-9-3/h10,13,16,18-19,21-22,25,42,45,51-52H,7-9,11-12,14-15,17,20,23-24,26-41,43-44,46-50H2,1-6H3,(H-,55,57,59,60)/p+1/b13-10+,19-16+,21-18-,25-22+,45-42-. The van der Waals surface area contributed by atoms with Gasteiger partial charge >= 0.3 is 13.8 Å². The van der Waals surface area contributed by atoms with Crippen LogP contribution in [0.15, 0.2) is 60.8 Å². The highest BCUT2D eigenvalue weighted by atomic mass is 31.2. The molecule has 0 aliphatic heterocycles. The smallest absolute Gasteiger partial charge is 0.456 e. The molecule has 0 aromatic rings. The zero-order valence-corrected chi connectivity index (χ0v) is 43.2. The first-order valence-electron chi connectivity index (χ1n) is 26.1. The lowest BCUT2D eigenvalue weighted by Gasteiger charge is -2.27. The van der Waals surface area contributed by atoms with Crippen LogP contribution in [0.25, 0.3) is 0 Å². The summed E-state index contributed by atoms with van der Waals surface area (Å²) in [4.78, 5) is 37.4. The Bertz CT molecular complexity index is 1290. The molecule has 64 heavy (non-hydrogen) atoms. The second-order valence-corrected chi connectivity index (χ2v) is 20.2. The van der Waals surface area contributed by atoms with Crippen molar-refractivity contribution in [3.8, 4) is 0 Å². The Hall–Kier alpha value is -2.29. The van der Waals surface area contributed by atoms with Gasteiger partial charge in [-0.2, -0.15) is 0 Å². The summed E-state index contributed by atoms with van der Waals surface area (Å²) in [5.74, 6) is -0.534. The first kappa shape index (κ1) is 61.7. The van der Waals surface area contributed by atoms with Gasteiger partial charge in [0.1, 0.15) is 19.3 Å². The van der Waals surface area contributed by atoms with Gasteiger partial charge in [-0.15, -0.1) is 0 Å². The molecule has 0 spiro atoms. The second-order valence-electron chi connectivity index (χ2n) is 18.7. The third kappa shape index (κ3) is 44.9. The molecule has 0 aromatic heterocycles. The highest BCUT2D eigenvalue weighted by Gasteiger charge is 2.30. The number of allylic oxidation sites excluding steroid dienone is 9. The zero-order chi connectivity index (χ0) is 47.3. The van der Waals surface area contributed by atoms with Crippen molar-refractivity contribution in [2.75, 3.05) is 40.9 Å². The fourth-order valence-corrected chi connectivity index (χ4v) is 7.89. The van der Waals surface area contributed by atoms with E-state index in [-0.39, 0.29) is 31.5 Å². The van der Waals surface area contributed by atoms with Crippen LogP contribution in [-0.2, 0) is 27.9 Å². The number of nitrogens with one attached hydrogen (secondary N) is 1. The molecule has 0 fully saturated rings. The van der Waals surface area contributed by atoms with Gasteiger partial charge < -0.3 is 19.4 Å². The highest BCUT2D eigenvalue weighted by Crippen LogP contribution is 2.43. The van der Waals surface area contributed by atoms with Crippen LogP contribution in [0, 0.1) is 0 Å². The normalized spacial score (nSPS) is 14.4. The van der Waals surface area contributed by atoms with Crippen molar-refractivity contribution in [1.29, 1.82) is 0 Å². The van der Waals surface area contributed by atoms with Crippen LogP contribution in [0.2, 0.25) is 0 Å². The van der Waals surface area contributed by atoms with E-state index in [2.05, 4.69) is 74.7 Å². The zero-order valence-electron chi connectivity index (χ0n) is 42.3. The maximum Gasteiger partial charge on any atom is 0.472 e. The largest absolute Gasteiger partial charge is 0.472 e. The predicted molar refractivity (Wildman–Crippen MR) is 272 cm³/mol. The number of carbonyl (C=O) groups is 2. The molecule has 10 heteroatoms. The van der Waals surface area contributed by atoms with Gasteiger partial charge in [0.05, 0.1) is 33.8 Å². The van der Waals surface area contributed by atoms with Crippen LogP contribution >= 0.6 is 7.82 Å². The summed E-state index contributed by atoms with van der Waals surface area (Å²) in [5, 5.41) is 3.03. The number of likely N-dealkylation sites (N-methyl/N-ethyl adjacent to an activating group) is 1. The molecule has 0 bridgehead atoms. The first-order valence-corrected chi connectivity index (χ1v) is 27.6. The number of carbonyl (C=O) groups excluding carboxylic acids is 2. The fraction of sp³-hybridized carbons (Fsp3) is 0.778. The number of rotatable bonds is 46. The van der Waals surface area contributed by atoms with Crippen molar-refractivity contribution in [2.45, 2.75) is 232 Å². The predicted octanol–water partition coefficient (Wildman–Crippen LogP) is 15.2. The number of phosphoric ester groups is 1. The molecule has 0 rings (SSSR count). The minimum Gasteiger partial charge on any atom is -0.456 e. The number of quaternary nitrogens is 1. The summed E-state index contributed by atoms with van der Waals surface area (Å²) in [6.07, 6.45) is 53.5. The fourth-order valence-electron chi connectivity index (χ4n) is 7.15. The van der Waals surface area contributed by atoms with E-state index in [1.807, 2.05) is 33.3 Å². The molecule has 3 atom stereocenters. The number of amides is 1. The number of esters is 1. The van der Waals surface area contributed by atoms with Gasteiger partial charge in [0.25, 0.3) is 0 Å². The SMILES string of the molecule is CC/C=C/C=C/C=C/CCCCCCCCCC(=O)NC(COP(=O)(O)OCC[N+](C)(C)C)C(/C=C\CCCCCCCCCCCC)OC(=O)CCCCCCC/C=C\CCCC. The van der Waals surface area contributed by atoms with Gasteiger partial charge in [0.15, 0.2) is 0 Å². The molecule has 0 heterocycles. The van der Waals surface area contributed by atoms with Crippen LogP contribution in [0.3, 0.4) is 0 Å².